The van der Waals surface area contributed by atoms with Gasteiger partial charge in [-0.05, 0) is 38.3 Å². The second-order valence-corrected chi connectivity index (χ2v) is 7.26. The van der Waals surface area contributed by atoms with E-state index in [-0.39, 0.29) is 17.3 Å². The number of benzene rings is 1. The van der Waals surface area contributed by atoms with Crippen molar-refractivity contribution < 1.29 is 13.5 Å². The number of aliphatic imine (C=N–C) groups is 1. The van der Waals surface area contributed by atoms with Gasteiger partial charge < -0.3 is 10.1 Å². The lowest BCUT2D eigenvalue weighted by atomic mass is 10.1. The standard InChI is InChI=1S/C23H22F2N4O/c1-4-6-14-9-20(26-12-14)28-21-10-15(5-2)27-23(29-21)30-19-11-18(24)16-7-13(3)8-17(16)22(19)25/h4,6,8-11H,5,7,12H2,1-3H3,(H,26,27,28,29)/b6-4+. The molecule has 1 aliphatic heterocycles. The van der Waals surface area contributed by atoms with Crippen molar-refractivity contribution in [1.82, 2.24) is 9.97 Å². The average molecular weight is 408 g/mol. The maximum atomic E-state index is 14.9. The molecule has 1 N–H and O–H groups in total. The van der Waals surface area contributed by atoms with Crippen molar-refractivity contribution in [2.75, 3.05) is 11.9 Å². The van der Waals surface area contributed by atoms with Crippen molar-refractivity contribution in [2.45, 2.75) is 33.6 Å². The van der Waals surface area contributed by atoms with Gasteiger partial charge in [0.05, 0.1) is 6.54 Å². The number of aryl methyl sites for hydroxylation is 1. The minimum atomic E-state index is -0.609. The third-order valence-electron chi connectivity index (χ3n) is 4.88. The van der Waals surface area contributed by atoms with Gasteiger partial charge in [-0.2, -0.15) is 9.97 Å². The number of fused-ring (bicyclic) bond motifs is 1. The number of allylic oxidation sites excluding steroid dienone is 2. The van der Waals surface area contributed by atoms with Crippen molar-refractivity contribution in [3.8, 4) is 11.8 Å². The van der Waals surface area contributed by atoms with E-state index in [2.05, 4.69) is 20.3 Å². The predicted molar refractivity (Wildman–Crippen MR) is 114 cm³/mol. The summed E-state index contributed by atoms with van der Waals surface area (Å²) in [5.74, 6) is -0.190. The first-order valence-electron chi connectivity index (χ1n) is 9.85. The molecule has 0 atom stereocenters. The molecule has 0 radical (unpaired) electrons. The van der Waals surface area contributed by atoms with Gasteiger partial charge in [-0.1, -0.05) is 30.7 Å². The molecule has 0 unspecified atom stereocenters. The third-order valence-corrected chi connectivity index (χ3v) is 4.88. The number of rotatable bonds is 5. The van der Waals surface area contributed by atoms with Gasteiger partial charge in [0, 0.05) is 29.0 Å². The summed E-state index contributed by atoms with van der Waals surface area (Å²) in [6.45, 7) is 6.32. The number of nitrogens with zero attached hydrogens (tertiary/aromatic N) is 3. The van der Waals surface area contributed by atoms with Gasteiger partial charge in [-0.3, -0.25) is 4.99 Å². The second-order valence-electron chi connectivity index (χ2n) is 7.26. The molecule has 2 aromatic rings. The molecule has 154 valence electrons. The van der Waals surface area contributed by atoms with E-state index in [1.807, 2.05) is 39.0 Å². The SMILES string of the molecule is C/C=C/C1=CC(Nc2cc(CC)nc(Oc3cc(F)c4c(c3F)C=C(C)C4)n2)=NC1. The van der Waals surface area contributed by atoms with E-state index in [9.17, 15) is 8.78 Å². The molecule has 0 spiro atoms. The fourth-order valence-electron chi connectivity index (χ4n) is 3.47. The zero-order chi connectivity index (χ0) is 21.3. The monoisotopic (exact) mass is 408 g/mol. The summed E-state index contributed by atoms with van der Waals surface area (Å²) < 4.78 is 34.9. The Bertz CT molecular complexity index is 1130. The fourth-order valence-corrected chi connectivity index (χ4v) is 3.47. The average Bonchev–Trinajstić information content (AvgIpc) is 3.32. The first-order chi connectivity index (χ1) is 14.5. The van der Waals surface area contributed by atoms with E-state index in [1.165, 1.54) is 0 Å². The fraction of sp³-hybridized carbons (Fsp3) is 0.261. The normalized spacial score (nSPS) is 15.2. The van der Waals surface area contributed by atoms with E-state index >= 15 is 0 Å². The second kappa shape index (κ2) is 8.18. The van der Waals surface area contributed by atoms with Crippen molar-refractivity contribution >= 4 is 17.7 Å². The number of aromatic nitrogens is 2. The van der Waals surface area contributed by atoms with Crippen molar-refractivity contribution in [3.63, 3.8) is 0 Å². The van der Waals surface area contributed by atoms with E-state index in [4.69, 9.17) is 4.74 Å². The summed E-state index contributed by atoms with van der Waals surface area (Å²) in [6, 6.07) is 2.79. The molecule has 30 heavy (non-hydrogen) atoms. The lowest BCUT2D eigenvalue weighted by Crippen LogP contribution is -2.10. The summed E-state index contributed by atoms with van der Waals surface area (Å²) in [6.07, 6.45) is 8.55. The molecule has 0 amide bonds. The molecular formula is C23H22F2N4O. The van der Waals surface area contributed by atoms with Crippen LogP contribution in [0.2, 0.25) is 0 Å². The van der Waals surface area contributed by atoms with Crippen molar-refractivity contribution in [2.24, 2.45) is 4.99 Å². The van der Waals surface area contributed by atoms with Crippen LogP contribution in [0.1, 0.15) is 37.6 Å². The van der Waals surface area contributed by atoms with Crippen LogP contribution in [0, 0.1) is 11.6 Å². The highest BCUT2D eigenvalue weighted by atomic mass is 19.1. The lowest BCUT2D eigenvalue weighted by Gasteiger charge is -2.12. The molecule has 7 heteroatoms. The molecular weight excluding hydrogens is 386 g/mol. The smallest absolute Gasteiger partial charge is 0.324 e. The number of nitrogens with one attached hydrogen (secondary N) is 1. The maximum Gasteiger partial charge on any atom is 0.324 e. The summed E-state index contributed by atoms with van der Waals surface area (Å²) in [5.41, 5.74) is 3.27. The van der Waals surface area contributed by atoms with Gasteiger partial charge in [0.25, 0.3) is 0 Å². The number of amidine groups is 1. The molecule has 1 aromatic carbocycles. The maximum absolute atomic E-state index is 14.9. The number of anilines is 1. The van der Waals surface area contributed by atoms with Crippen LogP contribution < -0.4 is 10.1 Å². The first-order valence-corrected chi connectivity index (χ1v) is 9.85. The molecule has 1 aliphatic carbocycles. The van der Waals surface area contributed by atoms with Crippen LogP contribution in [-0.4, -0.2) is 22.3 Å². The van der Waals surface area contributed by atoms with Crippen LogP contribution in [0.5, 0.6) is 11.8 Å². The van der Waals surface area contributed by atoms with Crippen LogP contribution in [-0.2, 0) is 12.8 Å². The molecule has 2 heterocycles. The van der Waals surface area contributed by atoms with Crippen LogP contribution in [0.15, 0.2) is 46.5 Å². The van der Waals surface area contributed by atoms with Gasteiger partial charge in [0.2, 0.25) is 0 Å². The Kier molecular flexibility index (Phi) is 5.44. The Hall–Kier alpha value is -3.35. The van der Waals surface area contributed by atoms with E-state index < -0.39 is 11.6 Å². The quantitative estimate of drug-likeness (QED) is 0.720. The van der Waals surface area contributed by atoms with Crippen molar-refractivity contribution in [3.05, 3.63) is 70.0 Å². The molecule has 1 aromatic heterocycles. The zero-order valence-electron chi connectivity index (χ0n) is 17.1. The summed E-state index contributed by atoms with van der Waals surface area (Å²) in [4.78, 5) is 13.0. The lowest BCUT2D eigenvalue weighted by molar-refractivity contribution is 0.404. The molecule has 4 rings (SSSR count). The van der Waals surface area contributed by atoms with Crippen LogP contribution in [0.25, 0.3) is 6.08 Å². The predicted octanol–water partition coefficient (Wildman–Crippen LogP) is 5.40. The molecule has 0 saturated heterocycles. The van der Waals surface area contributed by atoms with Gasteiger partial charge in [0.1, 0.15) is 17.5 Å². The summed E-state index contributed by atoms with van der Waals surface area (Å²) >= 11 is 0. The van der Waals surface area contributed by atoms with E-state index in [0.717, 1.165) is 17.2 Å². The highest BCUT2D eigenvalue weighted by Crippen LogP contribution is 2.35. The molecule has 0 bridgehead atoms. The molecule has 0 fully saturated rings. The Morgan fingerprint density at radius 3 is 2.80 bits per heavy atom. The number of hydrogen-bond acceptors (Lipinski definition) is 5. The highest BCUT2D eigenvalue weighted by molar-refractivity contribution is 6.05. The summed E-state index contributed by atoms with van der Waals surface area (Å²) in [5, 5.41) is 3.13. The van der Waals surface area contributed by atoms with Crippen LogP contribution in [0.3, 0.4) is 0 Å². The first kappa shape index (κ1) is 19.9. The largest absolute Gasteiger partial charge is 0.421 e. The molecule has 2 aliphatic rings. The van der Waals surface area contributed by atoms with E-state index in [0.29, 0.717) is 42.3 Å². The Labute approximate surface area is 173 Å². The minimum absolute atomic E-state index is 0.0509. The minimum Gasteiger partial charge on any atom is -0.421 e. The number of ether oxygens (including phenoxy) is 1. The third kappa shape index (κ3) is 4.01. The Morgan fingerprint density at radius 2 is 2.03 bits per heavy atom. The topological polar surface area (TPSA) is 59.4 Å². The zero-order valence-corrected chi connectivity index (χ0v) is 17.1. The van der Waals surface area contributed by atoms with Crippen molar-refractivity contribution in [1.29, 1.82) is 0 Å². The number of halogens is 2. The van der Waals surface area contributed by atoms with Crippen LogP contribution in [0.4, 0.5) is 14.6 Å². The Balaban J connectivity index is 1.62. The van der Waals surface area contributed by atoms with Gasteiger partial charge in [-0.25, -0.2) is 8.78 Å². The number of hydrogen-bond donors (Lipinski definition) is 1. The van der Waals surface area contributed by atoms with E-state index in [1.54, 1.807) is 12.1 Å². The molecule has 0 saturated carbocycles. The molecule has 5 nitrogen and oxygen atoms in total. The van der Waals surface area contributed by atoms with Gasteiger partial charge >= 0.3 is 6.01 Å². The Morgan fingerprint density at radius 1 is 1.20 bits per heavy atom. The van der Waals surface area contributed by atoms with Gasteiger partial charge in [0.15, 0.2) is 11.6 Å². The summed E-state index contributed by atoms with van der Waals surface area (Å²) in [7, 11) is 0. The van der Waals surface area contributed by atoms with Crippen LogP contribution >= 0.6 is 0 Å². The highest BCUT2D eigenvalue weighted by Gasteiger charge is 2.23. The van der Waals surface area contributed by atoms with Gasteiger partial charge in [-0.15, -0.1) is 0 Å².